The molecule has 4 rings (SSSR count). The van der Waals surface area contributed by atoms with Crippen LogP contribution in [-0.4, -0.2) is 66.6 Å². The average molecular weight is 422 g/mol. The van der Waals surface area contributed by atoms with Gasteiger partial charge in [-0.05, 0) is 56.3 Å². The van der Waals surface area contributed by atoms with Crippen LogP contribution >= 0.6 is 0 Å². The first-order chi connectivity index (χ1) is 15.0. The van der Waals surface area contributed by atoms with Crippen molar-refractivity contribution >= 4 is 17.2 Å². The molecule has 31 heavy (non-hydrogen) atoms. The second-order valence-electron chi connectivity index (χ2n) is 8.08. The predicted molar refractivity (Wildman–Crippen MR) is 123 cm³/mol. The lowest BCUT2D eigenvalue weighted by atomic mass is 10.2. The van der Waals surface area contributed by atoms with Crippen molar-refractivity contribution in [1.29, 1.82) is 0 Å². The Hall–Kier alpha value is -3.06. The molecule has 0 spiro atoms. The number of amides is 1. The zero-order valence-electron chi connectivity index (χ0n) is 18.6. The lowest BCUT2D eigenvalue weighted by Crippen LogP contribution is -2.44. The van der Waals surface area contributed by atoms with E-state index in [2.05, 4.69) is 39.3 Å². The smallest absolute Gasteiger partial charge is 0.270 e. The number of hydrogen-bond donors (Lipinski definition) is 1. The van der Waals surface area contributed by atoms with Crippen molar-refractivity contribution in [1.82, 2.24) is 19.6 Å². The number of ether oxygens (including phenoxy) is 1. The molecule has 1 fully saturated rings. The highest BCUT2D eigenvalue weighted by Gasteiger charge is 2.18. The van der Waals surface area contributed by atoms with Gasteiger partial charge >= 0.3 is 0 Å². The van der Waals surface area contributed by atoms with E-state index in [1.165, 1.54) is 5.69 Å². The Bertz CT molecular complexity index is 1040. The van der Waals surface area contributed by atoms with Crippen LogP contribution in [0.4, 0.5) is 5.69 Å². The van der Waals surface area contributed by atoms with Crippen LogP contribution in [0.1, 0.15) is 28.7 Å². The number of carbonyl (C=O) groups excluding carboxylic acids is 1. The number of nitrogens with zero attached hydrogens (tertiary/aromatic N) is 4. The molecule has 3 aromatic rings. The van der Waals surface area contributed by atoms with E-state index in [9.17, 15) is 4.79 Å². The summed E-state index contributed by atoms with van der Waals surface area (Å²) in [6.07, 6.45) is 2.66. The lowest BCUT2D eigenvalue weighted by molar-refractivity contribution is 0.0940. The third-order valence-electron chi connectivity index (χ3n) is 5.75. The molecule has 1 aliphatic heterocycles. The van der Waals surface area contributed by atoms with Crippen molar-refractivity contribution in [2.75, 3.05) is 51.3 Å². The molecule has 1 aliphatic rings. The lowest BCUT2D eigenvalue weighted by Gasteiger charge is -2.34. The third-order valence-corrected chi connectivity index (χ3v) is 5.75. The van der Waals surface area contributed by atoms with Gasteiger partial charge in [0, 0.05) is 38.1 Å². The number of nitrogens with one attached hydrogen (secondary N) is 1. The van der Waals surface area contributed by atoms with Crippen molar-refractivity contribution < 1.29 is 9.53 Å². The zero-order valence-corrected chi connectivity index (χ0v) is 18.6. The highest BCUT2D eigenvalue weighted by molar-refractivity contribution is 5.94. The Kier molecular flexibility index (Phi) is 6.42. The summed E-state index contributed by atoms with van der Waals surface area (Å²) in [7, 11) is 2.16. The maximum Gasteiger partial charge on any atom is 0.270 e. The first-order valence-corrected chi connectivity index (χ1v) is 11.0. The Balaban J connectivity index is 1.30. The largest absolute Gasteiger partial charge is 0.492 e. The number of fused-ring (bicyclic) bond motifs is 1. The van der Waals surface area contributed by atoms with Crippen LogP contribution in [0, 0.1) is 6.92 Å². The standard InChI is InChI=1S/C24H31N5O2/c1-4-21-23(29-17-18(2)5-10-22(29)26-21)24(30)25-11-16-31-20-8-6-19(7-9-20)28-14-12-27(3)13-15-28/h5-10,17H,4,11-16H2,1-3H3,(H,25,30). The SMILES string of the molecule is CCc1nc2ccc(C)cn2c1C(=O)NCCOc1ccc(N2CCN(C)CC2)cc1. The van der Waals surface area contributed by atoms with E-state index < -0.39 is 0 Å². The number of anilines is 1. The molecule has 2 aromatic heterocycles. The molecule has 0 bridgehead atoms. The van der Waals surface area contributed by atoms with Gasteiger partial charge in [-0.15, -0.1) is 0 Å². The summed E-state index contributed by atoms with van der Waals surface area (Å²) in [5, 5.41) is 2.97. The van der Waals surface area contributed by atoms with E-state index >= 15 is 0 Å². The maximum atomic E-state index is 12.8. The number of carbonyl (C=O) groups is 1. The molecule has 0 atom stereocenters. The molecule has 1 saturated heterocycles. The molecule has 0 unspecified atom stereocenters. The van der Waals surface area contributed by atoms with Gasteiger partial charge in [-0.2, -0.15) is 0 Å². The summed E-state index contributed by atoms with van der Waals surface area (Å²) >= 11 is 0. The second kappa shape index (κ2) is 9.39. The zero-order chi connectivity index (χ0) is 21.8. The summed E-state index contributed by atoms with van der Waals surface area (Å²) in [6, 6.07) is 12.2. The molecule has 0 radical (unpaired) electrons. The molecule has 7 nitrogen and oxygen atoms in total. The van der Waals surface area contributed by atoms with E-state index in [1.807, 2.05) is 48.7 Å². The molecule has 3 heterocycles. The normalized spacial score (nSPS) is 14.7. The van der Waals surface area contributed by atoms with Crippen LogP contribution in [0.25, 0.3) is 5.65 Å². The van der Waals surface area contributed by atoms with Gasteiger partial charge in [0.05, 0.1) is 12.2 Å². The summed E-state index contributed by atoms with van der Waals surface area (Å²) in [6.45, 7) is 9.14. The number of likely N-dealkylation sites (N-methyl/N-ethyl adjacent to an activating group) is 1. The van der Waals surface area contributed by atoms with Gasteiger partial charge in [0.25, 0.3) is 5.91 Å². The summed E-state index contributed by atoms with van der Waals surface area (Å²) in [5.41, 5.74) is 4.53. The summed E-state index contributed by atoms with van der Waals surface area (Å²) < 4.78 is 7.71. The fourth-order valence-corrected chi connectivity index (χ4v) is 3.92. The van der Waals surface area contributed by atoms with Crippen LogP contribution in [0.15, 0.2) is 42.6 Å². The van der Waals surface area contributed by atoms with Crippen molar-refractivity contribution in [3.8, 4) is 5.75 Å². The molecule has 164 valence electrons. The monoisotopic (exact) mass is 421 g/mol. The fraction of sp³-hybridized carbons (Fsp3) is 0.417. The maximum absolute atomic E-state index is 12.8. The molecular formula is C24H31N5O2. The number of piperazine rings is 1. The van der Waals surface area contributed by atoms with E-state index in [4.69, 9.17) is 4.74 Å². The van der Waals surface area contributed by atoms with Crippen LogP contribution in [0.3, 0.4) is 0 Å². The first kappa shape index (κ1) is 21.2. The van der Waals surface area contributed by atoms with Crippen LogP contribution < -0.4 is 15.0 Å². The number of imidazole rings is 1. The molecule has 0 aliphatic carbocycles. The van der Waals surface area contributed by atoms with E-state index in [-0.39, 0.29) is 5.91 Å². The van der Waals surface area contributed by atoms with Crippen LogP contribution in [0.2, 0.25) is 0 Å². The van der Waals surface area contributed by atoms with E-state index in [0.29, 0.717) is 25.3 Å². The highest BCUT2D eigenvalue weighted by Crippen LogP contribution is 2.20. The summed E-state index contributed by atoms with van der Waals surface area (Å²) in [5.74, 6) is 0.691. The molecular weight excluding hydrogens is 390 g/mol. The van der Waals surface area contributed by atoms with Crippen LogP contribution in [0.5, 0.6) is 5.75 Å². The topological polar surface area (TPSA) is 62.1 Å². The van der Waals surface area contributed by atoms with Gasteiger partial charge in [-0.25, -0.2) is 4.98 Å². The van der Waals surface area contributed by atoms with Gasteiger partial charge in [-0.1, -0.05) is 13.0 Å². The Morgan fingerprint density at radius 2 is 1.84 bits per heavy atom. The summed E-state index contributed by atoms with van der Waals surface area (Å²) in [4.78, 5) is 22.2. The minimum atomic E-state index is -0.121. The predicted octanol–water partition coefficient (Wildman–Crippen LogP) is 2.77. The third kappa shape index (κ3) is 4.82. The van der Waals surface area contributed by atoms with Crippen molar-refractivity contribution in [2.45, 2.75) is 20.3 Å². The minimum absolute atomic E-state index is 0.121. The van der Waals surface area contributed by atoms with Gasteiger partial charge in [0.1, 0.15) is 23.7 Å². The van der Waals surface area contributed by atoms with E-state index in [0.717, 1.165) is 48.8 Å². The molecule has 1 amide bonds. The van der Waals surface area contributed by atoms with Gasteiger partial charge < -0.3 is 19.9 Å². The number of hydrogen-bond acceptors (Lipinski definition) is 5. The minimum Gasteiger partial charge on any atom is -0.492 e. The molecule has 0 saturated carbocycles. The number of pyridine rings is 1. The van der Waals surface area contributed by atoms with Crippen LogP contribution in [-0.2, 0) is 6.42 Å². The molecule has 1 aromatic carbocycles. The first-order valence-electron chi connectivity index (χ1n) is 11.0. The molecule has 7 heteroatoms. The Morgan fingerprint density at radius 3 is 2.55 bits per heavy atom. The number of aromatic nitrogens is 2. The quantitative estimate of drug-likeness (QED) is 0.595. The highest BCUT2D eigenvalue weighted by atomic mass is 16.5. The van der Waals surface area contributed by atoms with Crippen molar-refractivity contribution in [2.24, 2.45) is 0 Å². The van der Waals surface area contributed by atoms with E-state index in [1.54, 1.807) is 0 Å². The molecule has 1 N–H and O–H groups in total. The average Bonchev–Trinajstić information content (AvgIpc) is 3.15. The number of aryl methyl sites for hydroxylation is 2. The van der Waals surface area contributed by atoms with Crippen molar-refractivity contribution in [3.63, 3.8) is 0 Å². The van der Waals surface area contributed by atoms with Gasteiger partial charge in [-0.3, -0.25) is 9.20 Å². The van der Waals surface area contributed by atoms with Crippen molar-refractivity contribution in [3.05, 3.63) is 59.5 Å². The van der Waals surface area contributed by atoms with Gasteiger partial charge in [0.2, 0.25) is 0 Å². The number of benzene rings is 1. The Morgan fingerprint density at radius 1 is 1.10 bits per heavy atom. The fourth-order valence-electron chi connectivity index (χ4n) is 3.92. The van der Waals surface area contributed by atoms with Gasteiger partial charge in [0.15, 0.2) is 0 Å². The second-order valence-corrected chi connectivity index (χ2v) is 8.08. The Labute approximate surface area is 183 Å². The number of rotatable bonds is 7.